The van der Waals surface area contributed by atoms with E-state index in [0.29, 0.717) is 0 Å². The molecule has 0 spiro atoms. The van der Waals surface area contributed by atoms with Crippen molar-refractivity contribution in [1.29, 1.82) is 0 Å². The molecule has 0 unspecified atom stereocenters. The lowest BCUT2D eigenvalue weighted by Gasteiger charge is -2.29. The minimum absolute atomic E-state index is 0.132. The van der Waals surface area contributed by atoms with Gasteiger partial charge in [-0.05, 0) is 29.9 Å². The second-order valence-electron chi connectivity index (χ2n) is 6.01. The summed E-state index contributed by atoms with van der Waals surface area (Å²) in [5, 5.41) is 12.7. The van der Waals surface area contributed by atoms with Crippen LogP contribution in [0, 0.1) is 5.41 Å². The summed E-state index contributed by atoms with van der Waals surface area (Å²) in [5.41, 5.74) is 5.39. The van der Waals surface area contributed by atoms with Crippen molar-refractivity contribution < 1.29 is 5.21 Å². The van der Waals surface area contributed by atoms with Gasteiger partial charge in [-0.1, -0.05) is 49.3 Å². The molecule has 0 fully saturated rings. The largest absolute Gasteiger partial charge is 0.411 e. The average Bonchev–Trinajstić information content (AvgIpc) is 2.81. The quantitative estimate of drug-likeness (QED) is 0.589. The van der Waals surface area contributed by atoms with Gasteiger partial charge in [-0.3, -0.25) is 0 Å². The van der Waals surface area contributed by atoms with Crippen LogP contribution in [0.15, 0.2) is 41.6 Å². The van der Waals surface area contributed by atoms with E-state index >= 15 is 0 Å². The summed E-state index contributed by atoms with van der Waals surface area (Å²) < 4.78 is 0. The molecule has 0 saturated heterocycles. The number of H-pyrrole nitrogens is 1. The highest BCUT2D eigenvalue weighted by atomic mass is 16.4. The zero-order valence-electron chi connectivity index (χ0n) is 11.3. The maximum absolute atomic E-state index is 9.22. The Morgan fingerprint density at radius 3 is 2.58 bits per heavy atom. The molecule has 19 heavy (non-hydrogen) atoms. The molecule has 0 atom stereocenters. The predicted octanol–water partition coefficient (Wildman–Crippen LogP) is 3.83. The molecule has 98 valence electrons. The lowest BCUT2D eigenvalue weighted by atomic mass is 9.76. The lowest BCUT2D eigenvalue weighted by Crippen LogP contribution is -2.26. The van der Waals surface area contributed by atoms with Crippen molar-refractivity contribution in [3.8, 4) is 11.3 Å². The number of nitrogens with one attached hydrogen (secondary N) is 1. The van der Waals surface area contributed by atoms with E-state index in [0.717, 1.165) is 35.4 Å². The number of hydrogen-bond acceptors (Lipinski definition) is 2. The van der Waals surface area contributed by atoms with Crippen molar-refractivity contribution in [1.82, 2.24) is 4.98 Å². The van der Waals surface area contributed by atoms with Crippen molar-refractivity contribution in [2.75, 3.05) is 0 Å². The van der Waals surface area contributed by atoms with Gasteiger partial charge in [0.15, 0.2) is 0 Å². The number of nitrogens with zero attached hydrogens (tertiary/aromatic N) is 1. The Balaban J connectivity index is 2.09. The van der Waals surface area contributed by atoms with Gasteiger partial charge < -0.3 is 10.2 Å². The zero-order chi connectivity index (χ0) is 13.5. The first-order valence-corrected chi connectivity index (χ1v) is 6.58. The van der Waals surface area contributed by atoms with Crippen molar-refractivity contribution in [2.45, 2.75) is 26.7 Å². The van der Waals surface area contributed by atoms with Gasteiger partial charge >= 0.3 is 0 Å². The molecular weight excluding hydrogens is 236 g/mol. The first kappa shape index (κ1) is 12.0. The Bertz CT molecular complexity index is 623. The molecule has 0 bridgehead atoms. The summed E-state index contributed by atoms with van der Waals surface area (Å²) in [6.45, 7) is 4.40. The van der Waals surface area contributed by atoms with Crippen LogP contribution in [-0.2, 0) is 6.42 Å². The Labute approximate surface area is 113 Å². The number of oxime groups is 1. The molecule has 2 N–H and O–H groups in total. The maximum Gasteiger partial charge on any atom is 0.0891 e. The SMILES string of the molecule is CC1(C)CC(=NO)c2cc(-c3ccccc3)[nH]c2C1. The van der Waals surface area contributed by atoms with E-state index < -0.39 is 0 Å². The van der Waals surface area contributed by atoms with Gasteiger partial charge in [0.25, 0.3) is 0 Å². The predicted molar refractivity (Wildman–Crippen MR) is 76.7 cm³/mol. The fourth-order valence-corrected chi connectivity index (χ4v) is 2.85. The highest BCUT2D eigenvalue weighted by Gasteiger charge is 2.31. The van der Waals surface area contributed by atoms with Gasteiger partial charge in [-0.2, -0.15) is 0 Å². The monoisotopic (exact) mass is 254 g/mol. The molecule has 0 aliphatic heterocycles. The minimum atomic E-state index is 0.132. The van der Waals surface area contributed by atoms with Gasteiger partial charge in [0, 0.05) is 17.0 Å². The van der Waals surface area contributed by atoms with E-state index in [1.165, 1.54) is 5.69 Å². The lowest BCUT2D eigenvalue weighted by molar-refractivity contribution is 0.306. The first-order valence-electron chi connectivity index (χ1n) is 6.58. The van der Waals surface area contributed by atoms with Gasteiger partial charge in [0.1, 0.15) is 0 Å². The molecule has 0 amide bonds. The van der Waals surface area contributed by atoms with Crippen LogP contribution in [-0.4, -0.2) is 15.9 Å². The van der Waals surface area contributed by atoms with E-state index in [-0.39, 0.29) is 5.41 Å². The number of aromatic amines is 1. The third-order valence-corrected chi connectivity index (χ3v) is 3.72. The summed E-state index contributed by atoms with van der Waals surface area (Å²) in [6.07, 6.45) is 1.79. The number of hydrogen-bond donors (Lipinski definition) is 2. The fourth-order valence-electron chi connectivity index (χ4n) is 2.85. The van der Waals surface area contributed by atoms with Gasteiger partial charge in [0.2, 0.25) is 0 Å². The fraction of sp³-hybridized carbons (Fsp3) is 0.312. The molecule has 3 rings (SSSR count). The first-order chi connectivity index (χ1) is 9.09. The van der Waals surface area contributed by atoms with Crippen LogP contribution >= 0.6 is 0 Å². The van der Waals surface area contributed by atoms with E-state index in [9.17, 15) is 5.21 Å². The highest BCUT2D eigenvalue weighted by Crippen LogP contribution is 2.36. The van der Waals surface area contributed by atoms with Crippen LogP contribution < -0.4 is 0 Å². The summed E-state index contributed by atoms with van der Waals surface area (Å²) >= 11 is 0. The van der Waals surface area contributed by atoms with Crippen molar-refractivity contribution in [3.05, 3.63) is 47.7 Å². The average molecular weight is 254 g/mol. The maximum atomic E-state index is 9.22. The normalized spacial score (nSPS) is 19.4. The molecule has 3 heteroatoms. The van der Waals surface area contributed by atoms with E-state index in [1.54, 1.807) is 0 Å². The number of benzene rings is 1. The zero-order valence-corrected chi connectivity index (χ0v) is 11.3. The van der Waals surface area contributed by atoms with Gasteiger partial charge in [-0.15, -0.1) is 0 Å². The van der Waals surface area contributed by atoms with Crippen molar-refractivity contribution in [2.24, 2.45) is 10.6 Å². The molecular formula is C16H18N2O. The molecule has 1 aromatic heterocycles. The van der Waals surface area contributed by atoms with Crippen LogP contribution in [0.3, 0.4) is 0 Å². The molecule has 1 aromatic carbocycles. The molecule has 1 heterocycles. The van der Waals surface area contributed by atoms with E-state index in [4.69, 9.17) is 0 Å². The topological polar surface area (TPSA) is 48.4 Å². The molecule has 3 nitrogen and oxygen atoms in total. The molecule has 1 aliphatic rings. The number of aromatic nitrogens is 1. The number of rotatable bonds is 1. The summed E-state index contributed by atoms with van der Waals surface area (Å²) in [4.78, 5) is 3.48. The second kappa shape index (κ2) is 4.26. The third-order valence-electron chi connectivity index (χ3n) is 3.72. The van der Waals surface area contributed by atoms with Crippen LogP contribution in [0.1, 0.15) is 31.5 Å². The van der Waals surface area contributed by atoms with E-state index in [1.807, 2.05) is 18.2 Å². The molecule has 2 aromatic rings. The highest BCUT2D eigenvalue weighted by molar-refractivity contribution is 6.03. The molecule has 1 aliphatic carbocycles. The molecule has 0 saturated carbocycles. The molecule has 0 radical (unpaired) electrons. The standard InChI is InChI=1S/C16H18N2O/c1-16(2)9-14-12(15(10-16)18-19)8-13(17-14)11-6-4-3-5-7-11/h3-8,17,19H,9-10H2,1-2H3. The van der Waals surface area contributed by atoms with Crippen LogP contribution in [0.2, 0.25) is 0 Å². The Kier molecular flexibility index (Phi) is 2.70. The minimum Gasteiger partial charge on any atom is -0.411 e. The van der Waals surface area contributed by atoms with Crippen molar-refractivity contribution in [3.63, 3.8) is 0 Å². The van der Waals surface area contributed by atoms with E-state index in [2.05, 4.69) is 42.2 Å². The van der Waals surface area contributed by atoms with Crippen LogP contribution in [0.5, 0.6) is 0 Å². The van der Waals surface area contributed by atoms with Gasteiger partial charge in [-0.25, -0.2) is 0 Å². The number of fused-ring (bicyclic) bond motifs is 1. The summed E-state index contributed by atoms with van der Waals surface area (Å²) in [5.74, 6) is 0. The third kappa shape index (κ3) is 2.16. The Morgan fingerprint density at radius 1 is 1.16 bits per heavy atom. The van der Waals surface area contributed by atoms with Crippen LogP contribution in [0.25, 0.3) is 11.3 Å². The Morgan fingerprint density at radius 2 is 1.89 bits per heavy atom. The van der Waals surface area contributed by atoms with Crippen molar-refractivity contribution >= 4 is 5.71 Å². The summed E-state index contributed by atoms with van der Waals surface area (Å²) in [7, 11) is 0. The van der Waals surface area contributed by atoms with Gasteiger partial charge in [0.05, 0.1) is 5.71 Å². The smallest absolute Gasteiger partial charge is 0.0891 e. The Hall–Kier alpha value is -2.03. The second-order valence-corrected chi connectivity index (χ2v) is 6.01. The summed E-state index contributed by atoms with van der Waals surface area (Å²) in [6, 6.07) is 12.3. The van der Waals surface area contributed by atoms with Crippen LogP contribution in [0.4, 0.5) is 0 Å².